The Bertz CT molecular complexity index is 1850. The molecule has 0 bridgehead atoms. The minimum atomic E-state index is -0.413. The lowest BCUT2D eigenvalue weighted by Gasteiger charge is -2.28. The Morgan fingerprint density at radius 3 is 2.32 bits per heavy atom. The number of benzene rings is 3. The van der Waals surface area contributed by atoms with Gasteiger partial charge in [0, 0.05) is 64.5 Å². The second-order valence-corrected chi connectivity index (χ2v) is 10.5. The first-order valence-corrected chi connectivity index (χ1v) is 13.8. The fraction of sp³-hybridized carbons (Fsp3) is 0.250. The molecule has 1 aliphatic heterocycles. The maximum atomic E-state index is 13.8. The van der Waals surface area contributed by atoms with Gasteiger partial charge in [-0.25, -0.2) is 9.78 Å². The van der Waals surface area contributed by atoms with Gasteiger partial charge in [-0.05, 0) is 28.3 Å². The van der Waals surface area contributed by atoms with E-state index in [1.807, 2.05) is 54.6 Å². The van der Waals surface area contributed by atoms with E-state index in [0.717, 1.165) is 53.0 Å². The van der Waals surface area contributed by atoms with E-state index in [1.54, 1.807) is 17.9 Å². The number of aromatic nitrogens is 4. The molecule has 0 aliphatic carbocycles. The summed E-state index contributed by atoms with van der Waals surface area (Å²) in [6.45, 7) is 4.87. The predicted molar refractivity (Wildman–Crippen MR) is 159 cm³/mol. The molecule has 0 amide bonds. The monoisotopic (exact) mass is 548 g/mol. The molecule has 41 heavy (non-hydrogen) atoms. The van der Waals surface area contributed by atoms with E-state index in [4.69, 9.17) is 0 Å². The summed E-state index contributed by atoms with van der Waals surface area (Å²) in [5, 5.41) is 3.39. The van der Waals surface area contributed by atoms with Crippen LogP contribution in [0, 0.1) is 0 Å². The molecular formula is C32H32N6O3. The highest BCUT2D eigenvalue weighted by Gasteiger charge is 2.19. The van der Waals surface area contributed by atoms with Crippen LogP contribution in [-0.2, 0) is 27.2 Å². The van der Waals surface area contributed by atoms with Crippen LogP contribution in [-0.4, -0.2) is 55.5 Å². The largest absolute Gasteiger partial charge is 0.332 e. The number of fused-ring (bicyclic) bond motifs is 1. The Hall–Kier alpha value is -4.60. The number of ketones is 1. The first-order valence-electron chi connectivity index (χ1n) is 13.8. The first-order chi connectivity index (χ1) is 19.9. The molecule has 9 heteroatoms. The number of hydrogen-bond donors (Lipinski definition) is 1. The van der Waals surface area contributed by atoms with Gasteiger partial charge in [-0.3, -0.25) is 23.6 Å². The van der Waals surface area contributed by atoms with Crippen LogP contribution in [0.1, 0.15) is 27.0 Å². The molecular weight excluding hydrogens is 516 g/mol. The Kier molecular flexibility index (Phi) is 7.21. The van der Waals surface area contributed by atoms with E-state index >= 15 is 0 Å². The third kappa shape index (κ3) is 5.17. The normalized spacial score (nSPS) is 14.0. The molecule has 3 heterocycles. The van der Waals surface area contributed by atoms with Crippen LogP contribution in [0.15, 0.2) is 88.7 Å². The molecule has 208 valence electrons. The maximum absolute atomic E-state index is 13.8. The number of nitrogens with zero attached hydrogens (tertiary/aromatic N) is 5. The zero-order valence-corrected chi connectivity index (χ0v) is 23.2. The molecule has 0 spiro atoms. The summed E-state index contributed by atoms with van der Waals surface area (Å²) in [6, 6.07) is 23.8. The predicted octanol–water partition coefficient (Wildman–Crippen LogP) is 2.79. The van der Waals surface area contributed by atoms with Crippen molar-refractivity contribution in [3.8, 4) is 11.1 Å². The number of imidazole rings is 1. The number of nitrogens with one attached hydrogen (secondary N) is 1. The van der Waals surface area contributed by atoms with Crippen LogP contribution in [0.3, 0.4) is 0 Å². The Labute approximate surface area is 237 Å². The fourth-order valence-electron chi connectivity index (χ4n) is 5.50. The van der Waals surface area contributed by atoms with E-state index in [2.05, 4.69) is 33.4 Å². The van der Waals surface area contributed by atoms with E-state index in [1.165, 1.54) is 11.6 Å². The Morgan fingerprint density at radius 2 is 1.59 bits per heavy atom. The molecule has 0 saturated carbocycles. The maximum Gasteiger partial charge on any atom is 0.332 e. The molecule has 3 aromatic carbocycles. The summed E-state index contributed by atoms with van der Waals surface area (Å²) in [5.41, 5.74) is 5.39. The molecule has 1 saturated heterocycles. The van der Waals surface area contributed by atoms with Crippen LogP contribution < -0.4 is 16.6 Å². The number of hydrogen-bond acceptors (Lipinski definition) is 6. The molecule has 1 fully saturated rings. The second kappa shape index (κ2) is 11.1. The molecule has 1 aliphatic rings. The van der Waals surface area contributed by atoms with Crippen molar-refractivity contribution in [3.63, 3.8) is 0 Å². The van der Waals surface area contributed by atoms with Crippen LogP contribution in [0.5, 0.6) is 0 Å². The molecule has 9 nitrogen and oxygen atoms in total. The van der Waals surface area contributed by atoms with Crippen molar-refractivity contribution in [2.24, 2.45) is 14.1 Å². The quantitative estimate of drug-likeness (QED) is 0.315. The van der Waals surface area contributed by atoms with Crippen molar-refractivity contribution in [1.29, 1.82) is 0 Å². The van der Waals surface area contributed by atoms with E-state index < -0.39 is 5.69 Å². The lowest BCUT2D eigenvalue weighted by Crippen LogP contribution is -2.43. The minimum absolute atomic E-state index is 0.0155. The summed E-state index contributed by atoms with van der Waals surface area (Å²) in [5.74, 6) is -0.0155. The van der Waals surface area contributed by atoms with Crippen molar-refractivity contribution < 1.29 is 4.79 Å². The zero-order chi connectivity index (χ0) is 28.5. The molecule has 6 rings (SSSR count). The number of carbonyl (C=O) groups excluding carboxylic acids is 1. The van der Waals surface area contributed by atoms with Gasteiger partial charge in [-0.1, -0.05) is 66.7 Å². The van der Waals surface area contributed by atoms with Gasteiger partial charge in [0.25, 0.3) is 5.56 Å². The number of aryl methyl sites for hydroxylation is 1. The van der Waals surface area contributed by atoms with Crippen LogP contribution in [0.2, 0.25) is 0 Å². The molecule has 0 atom stereocenters. The third-order valence-electron chi connectivity index (χ3n) is 7.85. The van der Waals surface area contributed by atoms with Crippen molar-refractivity contribution in [2.45, 2.75) is 13.1 Å². The van der Waals surface area contributed by atoms with Gasteiger partial charge in [0.2, 0.25) is 0 Å². The van der Waals surface area contributed by atoms with E-state index in [-0.39, 0.29) is 11.3 Å². The Balaban J connectivity index is 1.29. The van der Waals surface area contributed by atoms with Crippen molar-refractivity contribution >= 4 is 16.9 Å². The number of carbonyl (C=O) groups is 1. The molecule has 1 N–H and O–H groups in total. The lowest BCUT2D eigenvalue weighted by molar-refractivity contribution is 0.103. The summed E-state index contributed by atoms with van der Waals surface area (Å²) in [4.78, 5) is 45.5. The Morgan fingerprint density at radius 1 is 0.854 bits per heavy atom. The SMILES string of the molecule is Cn1c(=O)c2c(ncn2Cc2ccc(C(=O)c3ccc(-c4ccccc4)cc3CN3CCNCC3)cc2)n(C)c1=O. The van der Waals surface area contributed by atoms with E-state index in [0.29, 0.717) is 35.4 Å². The van der Waals surface area contributed by atoms with Crippen molar-refractivity contribution in [3.05, 3.63) is 122 Å². The topological polar surface area (TPSA) is 94.2 Å². The second-order valence-electron chi connectivity index (χ2n) is 10.5. The van der Waals surface area contributed by atoms with Crippen LogP contribution in [0.25, 0.3) is 22.3 Å². The smallest absolute Gasteiger partial charge is 0.320 e. The van der Waals surface area contributed by atoms with Crippen LogP contribution in [0.4, 0.5) is 0 Å². The number of piperazine rings is 1. The standard InChI is InChI=1S/C32H32N6O3/c1-35-30-28(31(40)36(2)32(35)41)38(21-34-30)19-22-8-10-24(11-9-22)29(39)27-13-12-25(23-6-4-3-5-7-23)18-26(27)20-37-16-14-33-15-17-37/h3-13,18,21,33H,14-17,19-20H2,1-2H3. The van der Waals surface area contributed by atoms with Gasteiger partial charge in [-0.2, -0.15) is 0 Å². The summed E-state index contributed by atoms with van der Waals surface area (Å²) < 4.78 is 4.20. The lowest BCUT2D eigenvalue weighted by atomic mass is 9.93. The van der Waals surface area contributed by atoms with Gasteiger partial charge in [0.15, 0.2) is 16.9 Å². The summed E-state index contributed by atoms with van der Waals surface area (Å²) in [6.07, 6.45) is 1.57. The van der Waals surface area contributed by atoms with E-state index in [9.17, 15) is 14.4 Å². The van der Waals surface area contributed by atoms with Crippen LogP contribution >= 0.6 is 0 Å². The molecule has 0 unspecified atom stereocenters. The highest BCUT2D eigenvalue weighted by atomic mass is 16.2. The van der Waals surface area contributed by atoms with Crippen molar-refractivity contribution in [2.75, 3.05) is 26.2 Å². The highest BCUT2D eigenvalue weighted by Crippen LogP contribution is 2.26. The van der Waals surface area contributed by atoms with Gasteiger partial charge >= 0.3 is 5.69 Å². The van der Waals surface area contributed by atoms with Gasteiger partial charge < -0.3 is 9.88 Å². The van der Waals surface area contributed by atoms with Gasteiger partial charge in [0.05, 0.1) is 6.33 Å². The first kappa shape index (κ1) is 26.6. The van der Waals surface area contributed by atoms with Gasteiger partial charge in [-0.15, -0.1) is 0 Å². The molecule has 0 radical (unpaired) electrons. The fourth-order valence-corrected chi connectivity index (χ4v) is 5.50. The average molecular weight is 549 g/mol. The van der Waals surface area contributed by atoms with Gasteiger partial charge in [0.1, 0.15) is 0 Å². The average Bonchev–Trinajstić information content (AvgIpc) is 3.43. The summed E-state index contributed by atoms with van der Waals surface area (Å²) in [7, 11) is 3.06. The third-order valence-corrected chi connectivity index (χ3v) is 7.85. The van der Waals surface area contributed by atoms with Crippen molar-refractivity contribution in [1.82, 2.24) is 28.9 Å². The zero-order valence-electron chi connectivity index (χ0n) is 23.2. The summed E-state index contributed by atoms with van der Waals surface area (Å²) >= 11 is 0. The number of rotatable bonds is 7. The molecule has 5 aromatic rings. The highest BCUT2D eigenvalue weighted by molar-refractivity contribution is 6.10. The minimum Gasteiger partial charge on any atom is -0.320 e. The molecule has 2 aromatic heterocycles.